The van der Waals surface area contributed by atoms with E-state index in [4.69, 9.17) is 10.6 Å². The predicted octanol–water partition coefficient (Wildman–Crippen LogP) is 2.90. The second-order valence-corrected chi connectivity index (χ2v) is 5.35. The summed E-state index contributed by atoms with van der Waals surface area (Å²) in [5.41, 5.74) is 6.38. The summed E-state index contributed by atoms with van der Waals surface area (Å²) >= 11 is 0. The summed E-state index contributed by atoms with van der Waals surface area (Å²) in [6.07, 6.45) is 2.76. The van der Waals surface area contributed by atoms with Crippen LogP contribution in [-0.2, 0) is 12.8 Å². The third-order valence-corrected chi connectivity index (χ3v) is 3.95. The molecular formula is C17H19FN2O. The van der Waals surface area contributed by atoms with Crippen LogP contribution in [0, 0.1) is 5.82 Å². The molecular weight excluding hydrogens is 267 g/mol. The number of nitrogens with one attached hydrogen (secondary N) is 1. The van der Waals surface area contributed by atoms with E-state index in [1.54, 1.807) is 12.1 Å². The number of fused-ring (bicyclic) bond motifs is 1. The molecule has 1 aliphatic rings. The first kappa shape index (κ1) is 14.0. The number of nitrogens with two attached hydrogens (primary N) is 1. The van der Waals surface area contributed by atoms with E-state index < -0.39 is 0 Å². The molecule has 0 aromatic heterocycles. The monoisotopic (exact) mass is 286 g/mol. The highest BCUT2D eigenvalue weighted by atomic mass is 19.1. The smallest absolute Gasteiger partial charge is 0.123 e. The number of benzene rings is 2. The quantitative estimate of drug-likeness (QED) is 0.656. The zero-order valence-electron chi connectivity index (χ0n) is 11.8. The first-order chi connectivity index (χ1) is 10.3. The maximum Gasteiger partial charge on any atom is 0.123 e. The maximum atomic E-state index is 13.0. The summed E-state index contributed by atoms with van der Waals surface area (Å²) in [4.78, 5) is 0. The largest absolute Gasteiger partial charge is 0.493 e. The number of halogens is 1. The maximum absolute atomic E-state index is 13.0. The lowest BCUT2D eigenvalue weighted by Crippen LogP contribution is -2.28. The lowest BCUT2D eigenvalue weighted by Gasteiger charge is -2.16. The zero-order valence-corrected chi connectivity index (χ0v) is 11.8. The fourth-order valence-electron chi connectivity index (χ4n) is 2.75. The molecule has 0 fully saturated rings. The van der Waals surface area contributed by atoms with Crippen molar-refractivity contribution in [1.82, 2.24) is 5.43 Å². The van der Waals surface area contributed by atoms with Gasteiger partial charge in [0.2, 0.25) is 0 Å². The van der Waals surface area contributed by atoms with Crippen molar-refractivity contribution in [2.75, 3.05) is 6.61 Å². The molecule has 0 radical (unpaired) electrons. The minimum absolute atomic E-state index is 0.0232. The van der Waals surface area contributed by atoms with Crippen LogP contribution in [0.2, 0.25) is 0 Å². The molecule has 0 saturated heterocycles. The van der Waals surface area contributed by atoms with Crippen molar-refractivity contribution in [3.05, 3.63) is 65.0 Å². The molecule has 1 aliphatic heterocycles. The molecule has 2 aromatic carbocycles. The SMILES string of the molecule is NNC(CCc1ccc2c(c1)CCO2)c1ccc(F)cc1. The minimum atomic E-state index is -0.229. The van der Waals surface area contributed by atoms with Crippen molar-refractivity contribution in [1.29, 1.82) is 0 Å². The van der Waals surface area contributed by atoms with Gasteiger partial charge in [0.1, 0.15) is 11.6 Å². The van der Waals surface area contributed by atoms with Gasteiger partial charge in [-0.25, -0.2) is 4.39 Å². The molecule has 3 nitrogen and oxygen atoms in total. The van der Waals surface area contributed by atoms with Gasteiger partial charge in [0, 0.05) is 12.5 Å². The molecule has 0 spiro atoms. The van der Waals surface area contributed by atoms with Crippen molar-refractivity contribution in [2.45, 2.75) is 25.3 Å². The Hall–Kier alpha value is -1.91. The van der Waals surface area contributed by atoms with E-state index in [0.29, 0.717) is 0 Å². The number of hydrazine groups is 1. The fourth-order valence-corrected chi connectivity index (χ4v) is 2.75. The summed E-state index contributed by atoms with van der Waals surface area (Å²) in [6, 6.07) is 12.9. The van der Waals surface area contributed by atoms with Crippen molar-refractivity contribution in [3.8, 4) is 5.75 Å². The lowest BCUT2D eigenvalue weighted by molar-refractivity contribution is 0.357. The lowest BCUT2D eigenvalue weighted by atomic mass is 9.98. The fraction of sp³-hybridized carbons (Fsp3) is 0.294. The predicted molar refractivity (Wildman–Crippen MR) is 80.4 cm³/mol. The molecule has 0 aliphatic carbocycles. The summed E-state index contributed by atoms with van der Waals surface area (Å²) in [5, 5.41) is 0. The van der Waals surface area contributed by atoms with Crippen LogP contribution in [0.4, 0.5) is 4.39 Å². The highest BCUT2D eigenvalue weighted by Gasteiger charge is 2.14. The number of ether oxygens (including phenoxy) is 1. The molecule has 3 rings (SSSR count). The Morgan fingerprint density at radius 1 is 1.19 bits per heavy atom. The van der Waals surface area contributed by atoms with Crippen LogP contribution >= 0.6 is 0 Å². The van der Waals surface area contributed by atoms with Crippen LogP contribution in [0.15, 0.2) is 42.5 Å². The van der Waals surface area contributed by atoms with Crippen LogP contribution < -0.4 is 16.0 Å². The molecule has 1 atom stereocenters. The topological polar surface area (TPSA) is 47.3 Å². The van der Waals surface area contributed by atoms with Crippen LogP contribution in [0.1, 0.15) is 29.2 Å². The summed E-state index contributed by atoms with van der Waals surface area (Å²) in [7, 11) is 0. The second-order valence-electron chi connectivity index (χ2n) is 5.35. The summed E-state index contributed by atoms with van der Waals surface area (Å²) < 4.78 is 18.5. The third kappa shape index (κ3) is 3.23. The first-order valence-corrected chi connectivity index (χ1v) is 7.22. The van der Waals surface area contributed by atoms with E-state index in [9.17, 15) is 4.39 Å². The molecule has 2 aromatic rings. The van der Waals surface area contributed by atoms with Crippen LogP contribution in [0.3, 0.4) is 0 Å². The molecule has 0 saturated carbocycles. The average Bonchev–Trinajstić information content (AvgIpc) is 2.97. The zero-order chi connectivity index (χ0) is 14.7. The molecule has 21 heavy (non-hydrogen) atoms. The molecule has 1 unspecified atom stereocenters. The standard InChI is InChI=1S/C17H19FN2O/c18-15-5-3-13(4-6-15)16(20-19)7-1-12-2-8-17-14(11-12)9-10-21-17/h2-6,8,11,16,20H,1,7,9-10,19H2. The van der Waals surface area contributed by atoms with Crippen molar-refractivity contribution in [3.63, 3.8) is 0 Å². The number of aryl methyl sites for hydroxylation is 1. The van der Waals surface area contributed by atoms with Crippen molar-refractivity contribution < 1.29 is 9.13 Å². The van der Waals surface area contributed by atoms with Gasteiger partial charge in [-0.05, 0) is 47.7 Å². The van der Waals surface area contributed by atoms with Gasteiger partial charge in [-0.1, -0.05) is 24.3 Å². The Morgan fingerprint density at radius 2 is 2.00 bits per heavy atom. The van der Waals surface area contributed by atoms with E-state index in [-0.39, 0.29) is 11.9 Å². The normalized spacial score (nSPS) is 14.6. The average molecular weight is 286 g/mol. The first-order valence-electron chi connectivity index (χ1n) is 7.22. The van der Waals surface area contributed by atoms with Crippen molar-refractivity contribution >= 4 is 0 Å². The highest BCUT2D eigenvalue weighted by molar-refractivity contribution is 5.39. The Bertz CT molecular complexity index is 613. The van der Waals surface area contributed by atoms with Gasteiger partial charge < -0.3 is 4.74 Å². The van der Waals surface area contributed by atoms with E-state index in [2.05, 4.69) is 17.6 Å². The van der Waals surface area contributed by atoms with Gasteiger partial charge in [0.05, 0.1) is 6.61 Å². The van der Waals surface area contributed by atoms with Crippen LogP contribution in [0.25, 0.3) is 0 Å². The van der Waals surface area contributed by atoms with Gasteiger partial charge in [0.25, 0.3) is 0 Å². The molecule has 1 heterocycles. The third-order valence-electron chi connectivity index (χ3n) is 3.95. The van der Waals surface area contributed by atoms with Crippen LogP contribution in [0.5, 0.6) is 5.75 Å². The minimum Gasteiger partial charge on any atom is -0.493 e. The number of hydrogen-bond acceptors (Lipinski definition) is 3. The molecule has 110 valence electrons. The summed E-state index contributed by atoms with van der Waals surface area (Å²) in [6.45, 7) is 0.779. The van der Waals surface area contributed by atoms with Gasteiger partial charge in [0.15, 0.2) is 0 Å². The van der Waals surface area contributed by atoms with Crippen LogP contribution in [-0.4, -0.2) is 6.61 Å². The van der Waals surface area contributed by atoms with E-state index in [1.807, 2.05) is 6.07 Å². The van der Waals surface area contributed by atoms with E-state index in [0.717, 1.165) is 37.2 Å². The Labute approximate surface area is 123 Å². The number of hydrogen-bond donors (Lipinski definition) is 2. The molecule has 0 bridgehead atoms. The Morgan fingerprint density at radius 3 is 2.76 bits per heavy atom. The van der Waals surface area contributed by atoms with Gasteiger partial charge in [-0.15, -0.1) is 0 Å². The van der Waals surface area contributed by atoms with Gasteiger partial charge >= 0.3 is 0 Å². The van der Waals surface area contributed by atoms with Gasteiger partial charge in [-0.2, -0.15) is 0 Å². The molecule has 3 N–H and O–H groups in total. The van der Waals surface area contributed by atoms with Gasteiger partial charge in [-0.3, -0.25) is 11.3 Å². The summed E-state index contributed by atoms with van der Waals surface area (Å²) in [5.74, 6) is 6.41. The van der Waals surface area contributed by atoms with E-state index in [1.165, 1.54) is 23.3 Å². The van der Waals surface area contributed by atoms with E-state index >= 15 is 0 Å². The molecule has 4 heteroatoms. The second kappa shape index (κ2) is 6.24. The highest BCUT2D eigenvalue weighted by Crippen LogP contribution is 2.27. The molecule has 0 amide bonds. The van der Waals surface area contributed by atoms with Crippen molar-refractivity contribution in [2.24, 2.45) is 5.84 Å². The Kier molecular flexibility index (Phi) is 4.18. The number of rotatable bonds is 5. The Balaban J connectivity index is 1.66.